The van der Waals surface area contributed by atoms with Gasteiger partial charge in [-0.05, 0) is 42.3 Å². The second-order valence-electron chi connectivity index (χ2n) is 7.29. The largest absolute Gasteiger partial charge is 0.468 e. The van der Waals surface area contributed by atoms with E-state index in [9.17, 15) is 4.79 Å². The van der Waals surface area contributed by atoms with Crippen LogP contribution in [0.15, 0.2) is 60.7 Å². The molecule has 0 spiro atoms. The maximum Gasteiger partial charge on any atom is 0.323 e. The first-order chi connectivity index (χ1) is 12.3. The number of fused-ring (bicyclic) bond motifs is 1. The lowest BCUT2D eigenvalue weighted by Gasteiger charge is -2.27. The van der Waals surface area contributed by atoms with Crippen molar-refractivity contribution >= 4 is 5.97 Å². The van der Waals surface area contributed by atoms with Crippen molar-refractivity contribution in [3.63, 3.8) is 0 Å². The van der Waals surface area contributed by atoms with E-state index in [0.29, 0.717) is 17.8 Å². The fourth-order valence-electron chi connectivity index (χ4n) is 4.42. The van der Waals surface area contributed by atoms with Crippen LogP contribution in [0.1, 0.15) is 29.9 Å². The van der Waals surface area contributed by atoms with E-state index >= 15 is 0 Å². The molecule has 0 amide bonds. The molecule has 3 heteroatoms. The van der Waals surface area contributed by atoms with E-state index < -0.39 is 0 Å². The summed E-state index contributed by atoms with van der Waals surface area (Å²) >= 11 is 0. The highest BCUT2D eigenvalue weighted by atomic mass is 16.5. The van der Waals surface area contributed by atoms with Crippen LogP contribution in [0, 0.1) is 11.8 Å². The summed E-state index contributed by atoms with van der Waals surface area (Å²) < 4.78 is 5.06. The first-order valence-corrected chi connectivity index (χ1v) is 9.19. The van der Waals surface area contributed by atoms with Crippen molar-refractivity contribution in [2.45, 2.75) is 24.8 Å². The van der Waals surface area contributed by atoms with E-state index in [4.69, 9.17) is 4.74 Å². The van der Waals surface area contributed by atoms with Gasteiger partial charge in [0.25, 0.3) is 0 Å². The number of hydrogen-bond acceptors (Lipinski definition) is 3. The predicted octanol–water partition coefficient (Wildman–Crippen LogP) is 3.70. The fraction of sp³-hybridized carbons (Fsp3) is 0.409. The van der Waals surface area contributed by atoms with E-state index in [1.165, 1.54) is 24.7 Å². The zero-order chi connectivity index (χ0) is 17.2. The summed E-state index contributed by atoms with van der Waals surface area (Å²) in [6, 6.07) is 21.3. The van der Waals surface area contributed by atoms with Crippen molar-refractivity contribution in [1.29, 1.82) is 0 Å². The van der Waals surface area contributed by atoms with Crippen LogP contribution in [-0.4, -0.2) is 37.1 Å². The van der Waals surface area contributed by atoms with Crippen LogP contribution in [0.4, 0.5) is 0 Å². The number of likely N-dealkylation sites (tertiary alicyclic amines) is 1. The SMILES string of the molecule is COC(=O)C1C2CC2CN1CCC(c1ccccc1)c1ccccc1. The van der Waals surface area contributed by atoms with Gasteiger partial charge in [0.15, 0.2) is 0 Å². The van der Waals surface area contributed by atoms with Gasteiger partial charge in [-0.1, -0.05) is 60.7 Å². The van der Waals surface area contributed by atoms with Gasteiger partial charge in [0.1, 0.15) is 6.04 Å². The van der Waals surface area contributed by atoms with Crippen LogP contribution in [0.3, 0.4) is 0 Å². The van der Waals surface area contributed by atoms with Gasteiger partial charge < -0.3 is 4.74 Å². The Bertz CT molecular complexity index is 676. The van der Waals surface area contributed by atoms with Gasteiger partial charge in [0.2, 0.25) is 0 Å². The molecule has 0 radical (unpaired) electrons. The summed E-state index contributed by atoms with van der Waals surface area (Å²) in [7, 11) is 1.51. The Morgan fingerprint density at radius 3 is 2.24 bits per heavy atom. The molecule has 2 aromatic carbocycles. The number of carbonyl (C=O) groups excluding carboxylic acids is 1. The minimum atomic E-state index is -0.0547. The summed E-state index contributed by atoms with van der Waals surface area (Å²) in [4.78, 5) is 14.5. The standard InChI is InChI=1S/C22H25NO2/c1-25-22(24)21-20-14-18(20)15-23(21)13-12-19(16-8-4-2-5-9-16)17-10-6-3-7-11-17/h2-11,18-21H,12-15H2,1H3. The van der Waals surface area contributed by atoms with Crippen LogP contribution in [0.2, 0.25) is 0 Å². The van der Waals surface area contributed by atoms with Crippen molar-refractivity contribution in [2.24, 2.45) is 11.8 Å². The van der Waals surface area contributed by atoms with Gasteiger partial charge in [-0.25, -0.2) is 0 Å². The van der Waals surface area contributed by atoms with Crippen LogP contribution >= 0.6 is 0 Å². The van der Waals surface area contributed by atoms with E-state index in [1.54, 1.807) is 0 Å². The summed E-state index contributed by atoms with van der Waals surface area (Å²) in [5, 5.41) is 0. The van der Waals surface area contributed by atoms with Gasteiger partial charge in [-0.2, -0.15) is 0 Å². The molecule has 0 N–H and O–H groups in total. The van der Waals surface area contributed by atoms with Crippen molar-refractivity contribution in [3.05, 3.63) is 71.8 Å². The van der Waals surface area contributed by atoms with Crippen LogP contribution in [-0.2, 0) is 9.53 Å². The van der Waals surface area contributed by atoms with Crippen molar-refractivity contribution in [2.75, 3.05) is 20.2 Å². The molecule has 1 heterocycles. The number of piperidine rings is 1. The summed E-state index contributed by atoms with van der Waals surface area (Å²) in [6.45, 7) is 1.97. The molecule has 2 aromatic rings. The summed E-state index contributed by atoms with van der Waals surface area (Å²) in [6.07, 6.45) is 2.21. The second kappa shape index (κ2) is 7.01. The Morgan fingerprint density at radius 1 is 1.08 bits per heavy atom. The number of ether oxygens (including phenoxy) is 1. The summed E-state index contributed by atoms with van der Waals surface area (Å²) in [5.74, 6) is 1.54. The number of esters is 1. The van der Waals surface area contributed by atoms with E-state index in [0.717, 1.165) is 19.5 Å². The first-order valence-electron chi connectivity index (χ1n) is 9.19. The molecule has 4 rings (SSSR count). The Balaban J connectivity index is 1.51. The lowest BCUT2D eigenvalue weighted by molar-refractivity contribution is -0.146. The molecule has 3 unspecified atom stereocenters. The minimum absolute atomic E-state index is 0.0257. The molecule has 0 aromatic heterocycles. The summed E-state index contributed by atoms with van der Waals surface area (Å²) in [5.41, 5.74) is 2.68. The molecular formula is C22H25NO2. The number of methoxy groups -OCH3 is 1. The lowest BCUT2D eigenvalue weighted by atomic mass is 9.88. The van der Waals surface area contributed by atoms with Crippen LogP contribution < -0.4 is 0 Å². The Kier molecular flexibility index (Phi) is 4.58. The fourth-order valence-corrected chi connectivity index (χ4v) is 4.42. The molecule has 3 nitrogen and oxygen atoms in total. The van der Waals surface area contributed by atoms with Gasteiger partial charge in [-0.3, -0.25) is 9.69 Å². The third-order valence-electron chi connectivity index (χ3n) is 5.80. The minimum Gasteiger partial charge on any atom is -0.468 e. The van der Waals surface area contributed by atoms with E-state index in [-0.39, 0.29) is 12.0 Å². The van der Waals surface area contributed by atoms with Gasteiger partial charge in [-0.15, -0.1) is 0 Å². The number of benzene rings is 2. The van der Waals surface area contributed by atoms with E-state index in [2.05, 4.69) is 65.6 Å². The van der Waals surface area contributed by atoms with Crippen molar-refractivity contribution < 1.29 is 9.53 Å². The highest BCUT2D eigenvalue weighted by Crippen LogP contribution is 2.50. The Morgan fingerprint density at radius 2 is 1.68 bits per heavy atom. The molecular weight excluding hydrogens is 310 g/mol. The zero-order valence-electron chi connectivity index (χ0n) is 14.7. The second-order valence-corrected chi connectivity index (χ2v) is 7.29. The maximum atomic E-state index is 12.2. The monoisotopic (exact) mass is 335 g/mol. The van der Waals surface area contributed by atoms with Gasteiger partial charge in [0.05, 0.1) is 7.11 Å². The lowest BCUT2D eigenvalue weighted by Crippen LogP contribution is -2.41. The molecule has 25 heavy (non-hydrogen) atoms. The number of nitrogens with zero attached hydrogens (tertiary/aromatic N) is 1. The van der Waals surface area contributed by atoms with Crippen molar-refractivity contribution in [3.8, 4) is 0 Å². The first kappa shape index (κ1) is 16.3. The van der Waals surface area contributed by atoms with Gasteiger partial charge in [0, 0.05) is 12.5 Å². The Hall–Kier alpha value is -2.13. The van der Waals surface area contributed by atoms with Gasteiger partial charge >= 0.3 is 5.97 Å². The number of carbonyl (C=O) groups is 1. The smallest absolute Gasteiger partial charge is 0.323 e. The highest BCUT2D eigenvalue weighted by molar-refractivity contribution is 5.77. The molecule has 2 fully saturated rings. The van der Waals surface area contributed by atoms with E-state index in [1.807, 2.05) is 0 Å². The number of rotatable bonds is 6. The molecule has 0 bridgehead atoms. The molecule has 1 aliphatic heterocycles. The van der Waals surface area contributed by atoms with Crippen LogP contribution in [0.25, 0.3) is 0 Å². The Labute approximate surface area is 149 Å². The predicted molar refractivity (Wildman–Crippen MR) is 98.3 cm³/mol. The maximum absolute atomic E-state index is 12.2. The zero-order valence-corrected chi connectivity index (χ0v) is 14.7. The molecule has 1 saturated heterocycles. The third-order valence-corrected chi connectivity index (χ3v) is 5.80. The quantitative estimate of drug-likeness (QED) is 0.754. The van der Waals surface area contributed by atoms with Crippen LogP contribution in [0.5, 0.6) is 0 Å². The molecule has 3 atom stereocenters. The molecule has 1 saturated carbocycles. The average Bonchev–Trinajstić information content (AvgIpc) is 3.33. The molecule has 1 aliphatic carbocycles. The highest BCUT2D eigenvalue weighted by Gasteiger charge is 2.55. The molecule has 130 valence electrons. The third kappa shape index (κ3) is 3.34. The normalized spacial score (nSPS) is 25.0. The molecule has 2 aliphatic rings. The van der Waals surface area contributed by atoms with Crippen molar-refractivity contribution in [1.82, 2.24) is 4.90 Å². The average molecular weight is 335 g/mol. The topological polar surface area (TPSA) is 29.5 Å². The number of hydrogen-bond donors (Lipinski definition) is 0.